The molecule has 32 heavy (non-hydrogen) atoms. The van der Waals surface area contributed by atoms with E-state index < -0.39 is 5.67 Å². The molecule has 6 heteroatoms. The molecule has 3 aromatic rings. The summed E-state index contributed by atoms with van der Waals surface area (Å²) >= 11 is 0. The fourth-order valence-electron chi connectivity index (χ4n) is 4.39. The number of alkyl halides is 1. The fourth-order valence-corrected chi connectivity index (χ4v) is 4.39. The molecule has 0 fully saturated rings. The van der Waals surface area contributed by atoms with Gasteiger partial charge < -0.3 is 19.0 Å². The van der Waals surface area contributed by atoms with Gasteiger partial charge in [0.05, 0.1) is 22.6 Å². The van der Waals surface area contributed by atoms with Crippen LogP contribution in [0.25, 0.3) is 27.4 Å². The van der Waals surface area contributed by atoms with Crippen LogP contribution in [0, 0.1) is 0 Å². The number of ether oxygens (including phenoxy) is 1. The topological polar surface area (TPSA) is 56.4 Å². The van der Waals surface area contributed by atoms with E-state index in [4.69, 9.17) is 9.15 Å². The van der Waals surface area contributed by atoms with Crippen molar-refractivity contribution in [3.05, 3.63) is 47.4 Å². The average molecular weight is 439 g/mol. The predicted molar refractivity (Wildman–Crippen MR) is 127 cm³/mol. The van der Waals surface area contributed by atoms with Crippen molar-refractivity contribution in [3.8, 4) is 5.75 Å². The zero-order valence-corrected chi connectivity index (χ0v) is 19.6. The Morgan fingerprint density at radius 2 is 2.12 bits per heavy atom. The third-order valence-electron chi connectivity index (χ3n) is 5.97. The number of hydrogen-bond acceptors (Lipinski definition) is 3. The third kappa shape index (κ3) is 3.61. The van der Waals surface area contributed by atoms with Crippen LogP contribution in [0.15, 0.2) is 34.9 Å². The summed E-state index contributed by atoms with van der Waals surface area (Å²) in [6.45, 7) is 10.5. The highest BCUT2D eigenvalue weighted by Gasteiger charge is 2.29. The van der Waals surface area contributed by atoms with Gasteiger partial charge in [-0.2, -0.15) is 0 Å². The number of halogens is 1. The van der Waals surface area contributed by atoms with Gasteiger partial charge in [-0.25, -0.2) is 4.39 Å². The van der Waals surface area contributed by atoms with Crippen LogP contribution in [-0.2, 0) is 13.0 Å². The van der Waals surface area contributed by atoms with Gasteiger partial charge in [0.15, 0.2) is 0 Å². The van der Waals surface area contributed by atoms with Gasteiger partial charge in [0.1, 0.15) is 22.8 Å². The summed E-state index contributed by atoms with van der Waals surface area (Å²) in [6.07, 6.45) is 8.18. The number of nitrogens with one attached hydrogen (secondary N) is 1. The molecule has 1 amide bonds. The van der Waals surface area contributed by atoms with Crippen LogP contribution in [0.5, 0.6) is 5.75 Å². The number of amides is 1. The summed E-state index contributed by atoms with van der Waals surface area (Å²) in [4.78, 5) is 13.0. The number of carbonyl (C=O) groups excluding carboxylic acids is 1. The maximum Gasteiger partial charge on any atom is 0.255 e. The second-order valence-electron chi connectivity index (χ2n) is 8.80. The zero-order valence-electron chi connectivity index (χ0n) is 19.6. The normalized spacial score (nSPS) is 18.6. The summed E-state index contributed by atoms with van der Waals surface area (Å²) in [5.41, 5.74) is 2.52. The van der Waals surface area contributed by atoms with E-state index in [2.05, 4.69) is 29.9 Å². The van der Waals surface area contributed by atoms with Crippen molar-refractivity contribution in [2.24, 2.45) is 0 Å². The minimum absolute atomic E-state index is 0.0260. The van der Waals surface area contributed by atoms with Gasteiger partial charge in [0, 0.05) is 37.2 Å². The SMILES string of the molecule is CCc1cn(CC)c2c(OC(C)C)cc3c(C(=O)NC)c(C4=CCC(C)(F)C=C4)oc3c12. The lowest BCUT2D eigenvalue weighted by Crippen LogP contribution is -2.19. The van der Waals surface area contributed by atoms with E-state index in [9.17, 15) is 9.18 Å². The zero-order chi connectivity index (χ0) is 23.2. The maximum atomic E-state index is 14.4. The summed E-state index contributed by atoms with van der Waals surface area (Å²) in [5.74, 6) is 0.941. The van der Waals surface area contributed by atoms with E-state index in [-0.39, 0.29) is 18.4 Å². The minimum atomic E-state index is -1.40. The van der Waals surface area contributed by atoms with E-state index in [1.807, 2.05) is 19.9 Å². The van der Waals surface area contributed by atoms with Crippen molar-refractivity contribution >= 4 is 33.4 Å². The number of carbonyl (C=O) groups is 1. The van der Waals surface area contributed by atoms with Crippen LogP contribution in [0.4, 0.5) is 4.39 Å². The monoisotopic (exact) mass is 438 g/mol. The maximum absolute atomic E-state index is 14.4. The van der Waals surface area contributed by atoms with Gasteiger partial charge in [-0.05, 0) is 51.8 Å². The number of rotatable bonds is 6. The van der Waals surface area contributed by atoms with Gasteiger partial charge in [0.2, 0.25) is 0 Å². The molecule has 0 saturated heterocycles. The molecule has 0 aliphatic heterocycles. The smallest absolute Gasteiger partial charge is 0.255 e. The van der Waals surface area contributed by atoms with Crippen molar-refractivity contribution in [2.45, 2.75) is 65.8 Å². The quantitative estimate of drug-likeness (QED) is 0.499. The Hall–Kier alpha value is -3.02. The molecule has 0 spiro atoms. The molecule has 1 N–H and O–H groups in total. The van der Waals surface area contributed by atoms with Crippen molar-refractivity contribution in [1.29, 1.82) is 0 Å². The number of furan rings is 1. The van der Waals surface area contributed by atoms with Crippen LogP contribution in [0.1, 0.15) is 62.7 Å². The van der Waals surface area contributed by atoms with Crippen molar-refractivity contribution in [3.63, 3.8) is 0 Å². The van der Waals surface area contributed by atoms with E-state index in [1.54, 1.807) is 19.2 Å². The van der Waals surface area contributed by atoms with Crippen molar-refractivity contribution in [1.82, 2.24) is 9.88 Å². The van der Waals surface area contributed by atoms with Crippen LogP contribution in [-0.4, -0.2) is 29.3 Å². The molecule has 1 atom stereocenters. The van der Waals surface area contributed by atoms with Crippen LogP contribution < -0.4 is 10.1 Å². The molecule has 4 rings (SSSR count). The first-order chi connectivity index (χ1) is 15.2. The van der Waals surface area contributed by atoms with Gasteiger partial charge in [0.25, 0.3) is 5.91 Å². The number of benzene rings is 1. The standard InChI is InChI=1S/C26H31FN2O3/c1-7-16-14-29(8-2)22-19(31-15(3)4)13-18-21(25(30)28-6)23(32-24(18)20(16)22)17-9-11-26(5,27)12-10-17/h9-11,13-15H,7-8,12H2,1-6H3,(H,28,30). The summed E-state index contributed by atoms with van der Waals surface area (Å²) in [5, 5.41) is 4.41. The lowest BCUT2D eigenvalue weighted by atomic mass is 9.93. The Morgan fingerprint density at radius 1 is 1.38 bits per heavy atom. The van der Waals surface area contributed by atoms with E-state index >= 15 is 0 Å². The predicted octanol–water partition coefficient (Wildman–Crippen LogP) is 6.19. The molecule has 1 aromatic carbocycles. The van der Waals surface area contributed by atoms with Gasteiger partial charge in [-0.1, -0.05) is 19.1 Å². The lowest BCUT2D eigenvalue weighted by molar-refractivity contribution is 0.0963. The van der Waals surface area contributed by atoms with E-state index in [0.29, 0.717) is 27.9 Å². The van der Waals surface area contributed by atoms with Crippen LogP contribution >= 0.6 is 0 Å². The average Bonchev–Trinajstić information content (AvgIpc) is 3.31. The highest BCUT2D eigenvalue weighted by Crippen LogP contribution is 2.43. The first kappa shape index (κ1) is 22.2. The molecule has 2 heterocycles. The molecule has 170 valence electrons. The Kier molecular flexibility index (Phi) is 5.65. The molecule has 1 aliphatic rings. The third-order valence-corrected chi connectivity index (χ3v) is 5.97. The Morgan fingerprint density at radius 3 is 2.69 bits per heavy atom. The molecule has 2 aromatic heterocycles. The summed E-state index contributed by atoms with van der Waals surface area (Å²) < 4.78 is 29.2. The fraction of sp³-hybridized carbons (Fsp3) is 0.423. The number of fused-ring (bicyclic) bond motifs is 3. The Labute approximate surface area is 187 Å². The Bertz CT molecular complexity index is 1260. The molecule has 1 aliphatic carbocycles. The first-order valence-corrected chi connectivity index (χ1v) is 11.3. The minimum Gasteiger partial charge on any atom is -0.489 e. The largest absolute Gasteiger partial charge is 0.489 e. The molecule has 0 radical (unpaired) electrons. The number of aryl methyl sites for hydroxylation is 2. The number of nitrogens with zero attached hydrogens (tertiary/aromatic N) is 1. The van der Waals surface area contributed by atoms with Gasteiger partial charge >= 0.3 is 0 Å². The Balaban J connectivity index is 2.10. The van der Waals surface area contributed by atoms with Gasteiger partial charge in [-0.15, -0.1) is 0 Å². The second kappa shape index (κ2) is 8.15. The number of hydrogen-bond donors (Lipinski definition) is 1. The van der Waals surface area contributed by atoms with Crippen LogP contribution in [0.3, 0.4) is 0 Å². The van der Waals surface area contributed by atoms with E-state index in [1.165, 1.54) is 13.0 Å². The number of aromatic nitrogens is 1. The summed E-state index contributed by atoms with van der Waals surface area (Å²) in [7, 11) is 1.60. The molecule has 0 bridgehead atoms. The molecule has 0 saturated carbocycles. The highest BCUT2D eigenvalue weighted by atomic mass is 19.1. The van der Waals surface area contributed by atoms with E-state index in [0.717, 1.165) is 35.2 Å². The lowest BCUT2D eigenvalue weighted by Gasteiger charge is -2.18. The molecular formula is C26H31FN2O3. The second-order valence-corrected chi connectivity index (χ2v) is 8.80. The summed E-state index contributed by atoms with van der Waals surface area (Å²) in [6, 6.07) is 1.91. The highest BCUT2D eigenvalue weighted by molar-refractivity contribution is 6.18. The first-order valence-electron chi connectivity index (χ1n) is 11.3. The van der Waals surface area contributed by atoms with Crippen molar-refractivity contribution < 1.29 is 18.3 Å². The van der Waals surface area contributed by atoms with Crippen LogP contribution in [0.2, 0.25) is 0 Å². The molecule has 1 unspecified atom stereocenters. The number of allylic oxidation sites excluding steroid dienone is 4. The van der Waals surface area contributed by atoms with Gasteiger partial charge in [-0.3, -0.25) is 4.79 Å². The molecule has 5 nitrogen and oxygen atoms in total. The molecular weight excluding hydrogens is 407 g/mol. The van der Waals surface area contributed by atoms with Crippen molar-refractivity contribution in [2.75, 3.05) is 7.05 Å².